The second kappa shape index (κ2) is 7.03. The molecule has 0 saturated carbocycles. The molecule has 28 heavy (non-hydrogen) atoms. The first-order valence-electron chi connectivity index (χ1n) is 9.05. The molecule has 4 rings (SSSR count). The van der Waals surface area contributed by atoms with E-state index in [0.717, 1.165) is 16.8 Å². The third-order valence-corrected chi connectivity index (χ3v) is 5.19. The number of amides is 1. The summed E-state index contributed by atoms with van der Waals surface area (Å²) in [5, 5.41) is 0. The first kappa shape index (κ1) is 18.1. The highest BCUT2D eigenvalue weighted by Gasteiger charge is 2.43. The molecule has 2 aromatic carbocycles. The van der Waals surface area contributed by atoms with Gasteiger partial charge in [0.25, 0.3) is 0 Å². The Morgan fingerprint density at radius 3 is 2.54 bits per heavy atom. The summed E-state index contributed by atoms with van der Waals surface area (Å²) >= 11 is 0. The SMILES string of the molecule is COc1ccc(C2CC(=O)N(c3cccc(C)c3)C3=C2C(=O)OC3)cc1OC. The van der Waals surface area contributed by atoms with Gasteiger partial charge in [0.1, 0.15) is 6.61 Å². The fraction of sp³-hybridized carbons (Fsp3) is 0.273. The molecule has 1 atom stereocenters. The maximum absolute atomic E-state index is 13.1. The first-order chi connectivity index (χ1) is 13.5. The molecule has 2 aromatic rings. The summed E-state index contributed by atoms with van der Waals surface area (Å²) in [6.45, 7) is 2.06. The summed E-state index contributed by atoms with van der Waals surface area (Å²) < 4.78 is 16.0. The fourth-order valence-corrected chi connectivity index (χ4v) is 3.88. The second-order valence-electron chi connectivity index (χ2n) is 6.88. The van der Waals surface area contributed by atoms with Crippen LogP contribution in [0, 0.1) is 6.92 Å². The Morgan fingerprint density at radius 2 is 1.82 bits per heavy atom. The van der Waals surface area contributed by atoms with Crippen molar-refractivity contribution in [3.05, 3.63) is 64.9 Å². The van der Waals surface area contributed by atoms with E-state index in [-0.39, 0.29) is 30.8 Å². The second-order valence-corrected chi connectivity index (χ2v) is 6.88. The Hall–Kier alpha value is -3.28. The van der Waals surface area contributed by atoms with Gasteiger partial charge in [-0.3, -0.25) is 9.69 Å². The molecule has 0 aromatic heterocycles. The molecule has 1 unspecified atom stereocenters. The highest BCUT2D eigenvalue weighted by molar-refractivity contribution is 6.06. The maximum Gasteiger partial charge on any atom is 0.336 e. The number of rotatable bonds is 4. The average Bonchev–Trinajstić information content (AvgIpc) is 3.08. The standard InChI is InChI=1S/C22H21NO5/c1-13-5-4-6-15(9-13)23-17-12-28-22(25)21(17)16(11-20(23)24)14-7-8-18(26-2)19(10-14)27-3/h4-10,16H,11-12H2,1-3H3. The number of nitrogens with zero attached hydrogens (tertiary/aromatic N) is 1. The highest BCUT2D eigenvalue weighted by atomic mass is 16.5. The van der Waals surface area contributed by atoms with Crippen LogP contribution in [-0.2, 0) is 14.3 Å². The Morgan fingerprint density at radius 1 is 1.04 bits per heavy atom. The van der Waals surface area contributed by atoms with E-state index in [1.807, 2.05) is 43.3 Å². The monoisotopic (exact) mass is 379 g/mol. The molecule has 6 nitrogen and oxygen atoms in total. The van der Waals surface area contributed by atoms with Crippen LogP contribution in [-0.4, -0.2) is 32.7 Å². The smallest absolute Gasteiger partial charge is 0.336 e. The van der Waals surface area contributed by atoms with Crippen molar-refractivity contribution < 1.29 is 23.8 Å². The molecule has 2 heterocycles. The van der Waals surface area contributed by atoms with E-state index in [0.29, 0.717) is 22.8 Å². The van der Waals surface area contributed by atoms with Gasteiger partial charge in [0, 0.05) is 18.0 Å². The molecule has 0 aliphatic carbocycles. The summed E-state index contributed by atoms with van der Waals surface area (Å²) in [4.78, 5) is 27.2. The lowest BCUT2D eigenvalue weighted by atomic mass is 9.84. The van der Waals surface area contributed by atoms with E-state index in [9.17, 15) is 9.59 Å². The minimum absolute atomic E-state index is 0.0672. The number of cyclic esters (lactones) is 1. The zero-order chi connectivity index (χ0) is 19.8. The van der Waals surface area contributed by atoms with Crippen LogP contribution in [0.5, 0.6) is 11.5 Å². The van der Waals surface area contributed by atoms with Crippen LogP contribution < -0.4 is 14.4 Å². The number of carbonyl (C=O) groups is 2. The van der Waals surface area contributed by atoms with Crippen molar-refractivity contribution in [2.45, 2.75) is 19.3 Å². The van der Waals surface area contributed by atoms with Gasteiger partial charge in [-0.1, -0.05) is 18.2 Å². The minimum atomic E-state index is -0.377. The van der Waals surface area contributed by atoms with Crippen molar-refractivity contribution in [1.82, 2.24) is 0 Å². The number of benzene rings is 2. The molecule has 0 N–H and O–H groups in total. The van der Waals surface area contributed by atoms with Crippen LogP contribution in [0.2, 0.25) is 0 Å². The predicted octanol–water partition coefficient (Wildman–Crippen LogP) is 3.34. The summed E-state index contributed by atoms with van der Waals surface area (Å²) in [7, 11) is 3.12. The van der Waals surface area contributed by atoms with E-state index >= 15 is 0 Å². The molecule has 0 bridgehead atoms. The van der Waals surface area contributed by atoms with Crippen LogP contribution in [0.25, 0.3) is 0 Å². The number of esters is 1. The van der Waals surface area contributed by atoms with Crippen molar-refractivity contribution >= 4 is 17.6 Å². The largest absolute Gasteiger partial charge is 0.493 e. The van der Waals surface area contributed by atoms with Gasteiger partial charge in [-0.25, -0.2) is 4.79 Å². The Kier molecular flexibility index (Phi) is 4.55. The quantitative estimate of drug-likeness (QED) is 0.763. The Bertz CT molecular complexity index is 994. The molecule has 0 radical (unpaired) electrons. The van der Waals surface area contributed by atoms with Gasteiger partial charge in [0.05, 0.1) is 25.5 Å². The van der Waals surface area contributed by atoms with E-state index in [2.05, 4.69) is 0 Å². The van der Waals surface area contributed by atoms with Crippen molar-refractivity contribution in [2.24, 2.45) is 0 Å². The van der Waals surface area contributed by atoms with Gasteiger partial charge in [-0.05, 0) is 42.3 Å². The number of hydrogen-bond donors (Lipinski definition) is 0. The molecular weight excluding hydrogens is 358 g/mol. The fourth-order valence-electron chi connectivity index (χ4n) is 3.88. The highest BCUT2D eigenvalue weighted by Crippen LogP contribution is 2.43. The van der Waals surface area contributed by atoms with Gasteiger partial charge in [0.2, 0.25) is 5.91 Å². The number of ether oxygens (including phenoxy) is 3. The first-order valence-corrected chi connectivity index (χ1v) is 9.05. The topological polar surface area (TPSA) is 65.1 Å². The molecule has 0 spiro atoms. The van der Waals surface area contributed by atoms with E-state index in [1.165, 1.54) is 0 Å². The Labute approximate surface area is 163 Å². The van der Waals surface area contributed by atoms with Crippen LogP contribution >= 0.6 is 0 Å². The van der Waals surface area contributed by atoms with E-state index in [4.69, 9.17) is 14.2 Å². The third kappa shape index (κ3) is 2.91. The Balaban J connectivity index is 1.81. The van der Waals surface area contributed by atoms with Crippen molar-refractivity contribution in [2.75, 3.05) is 25.7 Å². The lowest BCUT2D eigenvalue weighted by molar-refractivity contribution is -0.136. The third-order valence-electron chi connectivity index (χ3n) is 5.19. The van der Waals surface area contributed by atoms with Gasteiger partial charge in [-0.15, -0.1) is 0 Å². The lowest BCUT2D eigenvalue weighted by Gasteiger charge is -2.32. The number of carbonyl (C=O) groups excluding carboxylic acids is 2. The van der Waals surface area contributed by atoms with Crippen LogP contribution in [0.3, 0.4) is 0 Å². The van der Waals surface area contributed by atoms with Crippen LogP contribution in [0.1, 0.15) is 23.5 Å². The normalized spacial score (nSPS) is 18.8. The average molecular weight is 379 g/mol. The number of aryl methyl sites for hydroxylation is 1. The van der Waals surface area contributed by atoms with Gasteiger partial charge < -0.3 is 14.2 Å². The summed E-state index contributed by atoms with van der Waals surface area (Å²) in [5.74, 6) is 0.334. The summed E-state index contributed by atoms with van der Waals surface area (Å²) in [6, 6.07) is 13.1. The summed E-state index contributed by atoms with van der Waals surface area (Å²) in [5.41, 5.74) is 3.77. The van der Waals surface area contributed by atoms with Gasteiger partial charge >= 0.3 is 5.97 Å². The predicted molar refractivity (Wildman–Crippen MR) is 104 cm³/mol. The zero-order valence-corrected chi connectivity index (χ0v) is 16.0. The molecule has 2 aliphatic rings. The number of methoxy groups -OCH3 is 2. The van der Waals surface area contributed by atoms with Crippen molar-refractivity contribution in [3.8, 4) is 11.5 Å². The molecule has 1 amide bonds. The van der Waals surface area contributed by atoms with Gasteiger partial charge in [-0.2, -0.15) is 0 Å². The summed E-state index contributed by atoms with van der Waals surface area (Å²) in [6.07, 6.45) is 0.178. The molecule has 144 valence electrons. The maximum atomic E-state index is 13.1. The van der Waals surface area contributed by atoms with Gasteiger partial charge in [0.15, 0.2) is 11.5 Å². The van der Waals surface area contributed by atoms with Crippen LogP contribution in [0.4, 0.5) is 5.69 Å². The number of hydrogen-bond acceptors (Lipinski definition) is 5. The van der Waals surface area contributed by atoms with E-state index < -0.39 is 0 Å². The zero-order valence-electron chi connectivity index (χ0n) is 16.0. The molecule has 2 aliphatic heterocycles. The molecule has 0 fully saturated rings. The molecule has 6 heteroatoms. The van der Waals surface area contributed by atoms with E-state index in [1.54, 1.807) is 25.2 Å². The molecular formula is C22H21NO5. The lowest BCUT2D eigenvalue weighted by Crippen LogP contribution is -2.37. The number of anilines is 1. The molecule has 0 saturated heterocycles. The van der Waals surface area contributed by atoms with Crippen molar-refractivity contribution in [3.63, 3.8) is 0 Å². The minimum Gasteiger partial charge on any atom is -0.493 e. The van der Waals surface area contributed by atoms with Crippen molar-refractivity contribution in [1.29, 1.82) is 0 Å². The van der Waals surface area contributed by atoms with Crippen LogP contribution in [0.15, 0.2) is 53.7 Å².